The van der Waals surface area contributed by atoms with Crippen LogP contribution in [0.15, 0.2) is 17.3 Å². The van der Waals surface area contributed by atoms with Gasteiger partial charge in [0.05, 0.1) is 6.20 Å². The van der Waals surface area contributed by atoms with Crippen LogP contribution in [0.2, 0.25) is 0 Å². The Bertz CT molecular complexity index is 494. The molecule has 108 valence electrons. The van der Waals surface area contributed by atoms with E-state index >= 15 is 0 Å². The lowest BCUT2D eigenvalue weighted by molar-refractivity contribution is 0.548. The van der Waals surface area contributed by atoms with Crippen molar-refractivity contribution in [2.75, 3.05) is 19.6 Å². The Morgan fingerprint density at radius 2 is 2.26 bits per heavy atom. The highest BCUT2D eigenvalue weighted by atomic mass is 32.2. The molecule has 0 radical (unpaired) electrons. The Balaban J connectivity index is 1.84. The molecule has 19 heavy (non-hydrogen) atoms. The number of hydrogen-bond donors (Lipinski definition) is 2. The highest BCUT2D eigenvalue weighted by Crippen LogP contribution is 2.28. The van der Waals surface area contributed by atoms with Gasteiger partial charge in [-0.05, 0) is 38.3 Å². The van der Waals surface area contributed by atoms with Crippen molar-refractivity contribution < 1.29 is 8.42 Å². The zero-order valence-electron chi connectivity index (χ0n) is 11.3. The smallest absolute Gasteiger partial charge is 0.243 e. The maximum absolute atomic E-state index is 12.0. The van der Waals surface area contributed by atoms with E-state index in [0.29, 0.717) is 12.5 Å². The van der Waals surface area contributed by atoms with Crippen LogP contribution in [-0.4, -0.2) is 37.8 Å². The van der Waals surface area contributed by atoms with Crippen LogP contribution in [-0.2, 0) is 16.6 Å². The quantitative estimate of drug-likeness (QED) is 0.651. The van der Waals surface area contributed by atoms with E-state index in [1.54, 1.807) is 10.9 Å². The number of aryl methyl sites for hydroxylation is 1. The third-order valence-corrected chi connectivity index (χ3v) is 4.55. The molecular weight excluding hydrogens is 264 g/mol. The van der Waals surface area contributed by atoms with Crippen LogP contribution in [0, 0.1) is 5.92 Å². The highest BCUT2D eigenvalue weighted by Gasteiger charge is 2.24. The normalized spacial score (nSPS) is 15.8. The minimum absolute atomic E-state index is 0.261. The Kier molecular flexibility index (Phi) is 4.95. The van der Waals surface area contributed by atoms with Crippen molar-refractivity contribution in [2.45, 2.75) is 37.6 Å². The van der Waals surface area contributed by atoms with Crippen molar-refractivity contribution in [3.63, 3.8) is 0 Å². The first kappa shape index (κ1) is 14.5. The van der Waals surface area contributed by atoms with E-state index in [9.17, 15) is 8.42 Å². The first-order valence-corrected chi connectivity index (χ1v) is 8.33. The van der Waals surface area contributed by atoms with Crippen molar-refractivity contribution in [3.8, 4) is 0 Å². The molecule has 1 aromatic rings. The number of nitrogens with zero attached hydrogens (tertiary/aromatic N) is 2. The molecule has 1 aliphatic carbocycles. The van der Waals surface area contributed by atoms with Gasteiger partial charge in [-0.15, -0.1) is 0 Å². The average molecular weight is 286 g/mol. The van der Waals surface area contributed by atoms with Crippen molar-refractivity contribution >= 4 is 10.0 Å². The van der Waals surface area contributed by atoms with E-state index in [4.69, 9.17) is 0 Å². The van der Waals surface area contributed by atoms with E-state index in [0.717, 1.165) is 38.9 Å². The van der Waals surface area contributed by atoms with Crippen LogP contribution in [0.25, 0.3) is 0 Å². The third kappa shape index (κ3) is 4.59. The summed E-state index contributed by atoms with van der Waals surface area (Å²) in [6.07, 6.45) is 6.21. The number of rotatable bonds is 9. The maximum Gasteiger partial charge on any atom is 0.243 e. The minimum atomic E-state index is -3.38. The van der Waals surface area contributed by atoms with Crippen LogP contribution in [0.1, 0.15) is 26.2 Å². The van der Waals surface area contributed by atoms with E-state index in [2.05, 4.69) is 22.1 Å². The molecule has 0 aliphatic heterocycles. The molecule has 0 spiro atoms. The van der Waals surface area contributed by atoms with Crippen LogP contribution in [0.5, 0.6) is 0 Å². The fourth-order valence-corrected chi connectivity index (χ4v) is 2.85. The number of hydrogen-bond acceptors (Lipinski definition) is 4. The molecule has 0 unspecified atom stereocenters. The summed E-state index contributed by atoms with van der Waals surface area (Å²) in [5, 5.41) is 7.32. The molecule has 6 nitrogen and oxygen atoms in total. The fourth-order valence-electron chi connectivity index (χ4n) is 1.78. The standard InChI is InChI=1S/C12H22N4O2S/c1-2-13-6-3-7-16-10-12(9-14-16)19(17,18)15-8-11-4-5-11/h9-11,13,15H,2-8H2,1H3. The van der Waals surface area contributed by atoms with Crippen LogP contribution < -0.4 is 10.0 Å². The second kappa shape index (κ2) is 6.49. The molecule has 0 amide bonds. The van der Waals surface area contributed by atoms with Crippen molar-refractivity contribution in [3.05, 3.63) is 12.4 Å². The van der Waals surface area contributed by atoms with Gasteiger partial charge in [0.15, 0.2) is 0 Å². The largest absolute Gasteiger partial charge is 0.317 e. The molecule has 1 aliphatic rings. The Labute approximate surface area is 114 Å². The highest BCUT2D eigenvalue weighted by molar-refractivity contribution is 7.89. The first-order valence-electron chi connectivity index (χ1n) is 6.84. The minimum Gasteiger partial charge on any atom is -0.317 e. The predicted octanol–water partition coefficient (Wildman–Crippen LogP) is 0.571. The molecule has 7 heteroatoms. The summed E-state index contributed by atoms with van der Waals surface area (Å²) < 4.78 is 28.3. The van der Waals surface area contributed by atoms with Crippen LogP contribution in [0.4, 0.5) is 0 Å². The van der Waals surface area contributed by atoms with Gasteiger partial charge in [-0.3, -0.25) is 4.68 Å². The molecule has 1 heterocycles. The lowest BCUT2D eigenvalue weighted by Crippen LogP contribution is -2.25. The fraction of sp³-hybridized carbons (Fsp3) is 0.750. The number of sulfonamides is 1. The predicted molar refractivity (Wildman–Crippen MR) is 73.3 cm³/mol. The van der Waals surface area contributed by atoms with Crippen molar-refractivity contribution in [1.29, 1.82) is 0 Å². The molecule has 1 fully saturated rings. The van der Waals surface area contributed by atoms with Gasteiger partial charge in [0, 0.05) is 19.3 Å². The molecule has 0 bridgehead atoms. The van der Waals surface area contributed by atoms with E-state index < -0.39 is 10.0 Å². The second-order valence-corrected chi connectivity index (χ2v) is 6.71. The average Bonchev–Trinajstić information content (AvgIpc) is 3.09. The van der Waals surface area contributed by atoms with Crippen LogP contribution >= 0.6 is 0 Å². The molecule has 0 atom stereocenters. The number of nitrogens with one attached hydrogen (secondary N) is 2. The van der Waals surface area contributed by atoms with E-state index in [1.807, 2.05) is 0 Å². The summed E-state index contributed by atoms with van der Waals surface area (Å²) in [7, 11) is -3.38. The monoisotopic (exact) mass is 286 g/mol. The zero-order valence-corrected chi connectivity index (χ0v) is 12.1. The van der Waals surface area contributed by atoms with Crippen LogP contribution in [0.3, 0.4) is 0 Å². The summed E-state index contributed by atoms with van der Waals surface area (Å²) in [6, 6.07) is 0. The van der Waals surface area contributed by atoms with Crippen molar-refractivity contribution in [1.82, 2.24) is 19.8 Å². The Morgan fingerprint density at radius 1 is 1.47 bits per heavy atom. The second-order valence-electron chi connectivity index (χ2n) is 4.94. The molecule has 2 N–H and O–H groups in total. The topological polar surface area (TPSA) is 76.0 Å². The number of aromatic nitrogens is 2. The molecular formula is C12H22N4O2S. The van der Waals surface area contributed by atoms with Crippen molar-refractivity contribution in [2.24, 2.45) is 5.92 Å². The Hall–Kier alpha value is -0.920. The van der Waals surface area contributed by atoms with Gasteiger partial charge in [-0.25, -0.2) is 13.1 Å². The van der Waals surface area contributed by atoms with Gasteiger partial charge >= 0.3 is 0 Å². The summed E-state index contributed by atoms with van der Waals surface area (Å²) in [5.74, 6) is 0.532. The van der Waals surface area contributed by atoms with E-state index in [-0.39, 0.29) is 4.90 Å². The van der Waals surface area contributed by atoms with Gasteiger partial charge in [0.25, 0.3) is 0 Å². The Morgan fingerprint density at radius 3 is 2.95 bits per heavy atom. The molecule has 2 rings (SSSR count). The molecule has 1 aromatic heterocycles. The van der Waals surface area contributed by atoms with Gasteiger partial charge in [-0.1, -0.05) is 6.92 Å². The molecule has 0 saturated heterocycles. The van der Waals surface area contributed by atoms with Gasteiger partial charge in [-0.2, -0.15) is 5.10 Å². The van der Waals surface area contributed by atoms with Gasteiger partial charge < -0.3 is 5.32 Å². The third-order valence-electron chi connectivity index (χ3n) is 3.17. The molecule has 0 aromatic carbocycles. The summed E-state index contributed by atoms with van der Waals surface area (Å²) in [6.45, 7) is 5.20. The maximum atomic E-state index is 12.0. The van der Waals surface area contributed by atoms with E-state index in [1.165, 1.54) is 6.20 Å². The zero-order chi connectivity index (χ0) is 13.7. The van der Waals surface area contributed by atoms with Gasteiger partial charge in [0.1, 0.15) is 4.90 Å². The SMILES string of the molecule is CCNCCCn1cc(S(=O)(=O)NCC2CC2)cn1. The summed E-state index contributed by atoms with van der Waals surface area (Å²) >= 11 is 0. The summed E-state index contributed by atoms with van der Waals surface area (Å²) in [4.78, 5) is 0.261. The lowest BCUT2D eigenvalue weighted by atomic mass is 10.4. The molecule has 1 saturated carbocycles. The summed E-state index contributed by atoms with van der Waals surface area (Å²) in [5.41, 5.74) is 0. The first-order chi connectivity index (χ1) is 9.12. The lowest BCUT2D eigenvalue weighted by Gasteiger charge is -2.03. The van der Waals surface area contributed by atoms with Gasteiger partial charge in [0.2, 0.25) is 10.0 Å².